The summed E-state index contributed by atoms with van der Waals surface area (Å²) < 4.78 is 10.6. The Hall–Kier alpha value is -2.80. The predicted molar refractivity (Wildman–Crippen MR) is 89.8 cm³/mol. The van der Waals surface area contributed by atoms with Gasteiger partial charge in [0.1, 0.15) is 11.5 Å². The topological polar surface area (TPSA) is 90.7 Å². The summed E-state index contributed by atoms with van der Waals surface area (Å²) in [5.41, 5.74) is -0.0203. The van der Waals surface area contributed by atoms with Gasteiger partial charge in [0.2, 0.25) is 0 Å². The van der Waals surface area contributed by atoms with Crippen LogP contribution >= 0.6 is 11.6 Å². The number of benzene rings is 2. The number of carbonyl (C=O) groups is 1. The Morgan fingerprint density at radius 1 is 1.25 bits per heavy atom. The number of amides is 1. The molecule has 1 amide bonds. The maximum absolute atomic E-state index is 12.2. The van der Waals surface area contributed by atoms with Crippen molar-refractivity contribution in [2.45, 2.75) is 13.0 Å². The zero-order chi connectivity index (χ0) is 17.7. The van der Waals surface area contributed by atoms with Crippen LogP contribution in [0.4, 0.5) is 11.4 Å². The second-order valence-electron chi connectivity index (χ2n) is 4.85. The molecule has 0 saturated heterocycles. The molecule has 2 aromatic carbocycles. The van der Waals surface area contributed by atoms with E-state index in [4.69, 9.17) is 21.1 Å². The van der Waals surface area contributed by atoms with Gasteiger partial charge in [-0.1, -0.05) is 17.7 Å². The number of nitrogens with one attached hydrogen (secondary N) is 1. The minimum absolute atomic E-state index is 0.150. The van der Waals surface area contributed by atoms with Crippen LogP contribution in [0.5, 0.6) is 11.5 Å². The first kappa shape index (κ1) is 17.6. The SMILES string of the molecule is COc1cccc(O[C@@H](C)C(=O)Nc2cc([N+](=O)[O-])ccc2Cl)c1. The van der Waals surface area contributed by atoms with Crippen molar-refractivity contribution in [2.75, 3.05) is 12.4 Å². The Bertz CT molecular complexity index is 766. The zero-order valence-electron chi connectivity index (χ0n) is 13.0. The predicted octanol–water partition coefficient (Wildman–Crippen LogP) is 3.66. The molecule has 0 aliphatic carbocycles. The van der Waals surface area contributed by atoms with Crippen LogP contribution in [-0.4, -0.2) is 24.0 Å². The molecule has 126 valence electrons. The van der Waals surface area contributed by atoms with Gasteiger partial charge < -0.3 is 14.8 Å². The van der Waals surface area contributed by atoms with Crippen LogP contribution in [0, 0.1) is 10.1 Å². The Morgan fingerprint density at radius 3 is 2.62 bits per heavy atom. The van der Waals surface area contributed by atoms with Crippen LogP contribution in [0.3, 0.4) is 0 Å². The van der Waals surface area contributed by atoms with E-state index in [1.54, 1.807) is 31.2 Å². The lowest BCUT2D eigenvalue weighted by Crippen LogP contribution is -2.30. The number of methoxy groups -OCH3 is 1. The van der Waals surface area contributed by atoms with Crippen LogP contribution in [0.25, 0.3) is 0 Å². The molecule has 8 heteroatoms. The Balaban J connectivity index is 2.08. The van der Waals surface area contributed by atoms with Crippen LogP contribution in [0.1, 0.15) is 6.92 Å². The molecule has 0 radical (unpaired) electrons. The first-order valence-corrected chi connectivity index (χ1v) is 7.34. The summed E-state index contributed by atoms with van der Waals surface area (Å²) >= 11 is 5.95. The molecule has 0 aliphatic heterocycles. The lowest BCUT2D eigenvalue weighted by atomic mass is 10.2. The summed E-state index contributed by atoms with van der Waals surface area (Å²) in [6, 6.07) is 10.6. The van der Waals surface area contributed by atoms with Crippen molar-refractivity contribution in [2.24, 2.45) is 0 Å². The number of nitrogens with zero attached hydrogens (tertiary/aromatic N) is 1. The number of hydrogen-bond donors (Lipinski definition) is 1. The molecule has 1 atom stereocenters. The van der Waals surface area contributed by atoms with Crippen molar-refractivity contribution < 1.29 is 19.2 Å². The summed E-state index contributed by atoms with van der Waals surface area (Å²) in [6.45, 7) is 1.56. The standard InChI is InChI=1S/C16H15ClN2O5/c1-10(24-13-5-3-4-12(9-13)23-2)16(20)18-15-8-11(19(21)22)6-7-14(15)17/h3-10H,1-2H3,(H,18,20)/t10-/m0/s1. The lowest BCUT2D eigenvalue weighted by molar-refractivity contribution is -0.384. The largest absolute Gasteiger partial charge is 0.497 e. The molecule has 0 aliphatic rings. The van der Waals surface area contributed by atoms with Gasteiger partial charge in [-0.05, 0) is 25.1 Å². The summed E-state index contributed by atoms with van der Waals surface area (Å²) in [6.07, 6.45) is -0.840. The minimum atomic E-state index is -0.840. The number of halogens is 1. The smallest absolute Gasteiger partial charge is 0.271 e. The van der Waals surface area contributed by atoms with E-state index in [2.05, 4.69) is 5.32 Å². The van der Waals surface area contributed by atoms with Gasteiger partial charge in [0.25, 0.3) is 11.6 Å². The molecule has 2 rings (SSSR count). The number of carbonyl (C=O) groups excluding carboxylic acids is 1. The fourth-order valence-electron chi connectivity index (χ4n) is 1.89. The van der Waals surface area contributed by atoms with E-state index < -0.39 is 16.9 Å². The van der Waals surface area contributed by atoms with Crippen molar-refractivity contribution in [3.05, 3.63) is 57.6 Å². The molecule has 0 unspecified atom stereocenters. The monoisotopic (exact) mass is 350 g/mol. The van der Waals surface area contributed by atoms with E-state index in [1.807, 2.05) is 0 Å². The molecule has 0 spiro atoms. The Kier molecular flexibility index (Phi) is 5.59. The molecule has 0 fully saturated rings. The molecule has 2 aromatic rings. The first-order chi connectivity index (χ1) is 11.4. The van der Waals surface area contributed by atoms with Crippen LogP contribution in [0.2, 0.25) is 5.02 Å². The maximum Gasteiger partial charge on any atom is 0.271 e. The minimum Gasteiger partial charge on any atom is -0.497 e. The molecule has 0 saturated carbocycles. The molecule has 0 aromatic heterocycles. The van der Waals surface area contributed by atoms with Crippen LogP contribution in [-0.2, 0) is 4.79 Å². The van der Waals surface area contributed by atoms with Crippen molar-refractivity contribution >= 4 is 28.9 Å². The summed E-state index contributed by atoms with van der Waals surface area (Å²) in [5, 5.41) is 13.5. The third kappa shape index (κ3) is 4.36. The van der Waals surface area contributed by atoms with Gasteiger partial charge in [0.15, 0.2) is 6.10 Å². The highest BCUT2D eigenvalue weighted by Crippen LogP contribution is 2.27. The third-order valence-corrected chi connectivity index (χ3v) is 3.47. The van der Waals surface area contributed by atoms with E-state index in [1.165, 1.54) is 25.3 Å². The molecule has 0 heterocycles. The third-order valence-electron chi connectivity index (χ3n) is 3.14. The van der Waals surface area contributed by atoms with E-state index in [0.29, 0.717) is 11.5 Å². The number of ether oxygens (including phenoxy) is 2. The lowest BCUT2D eigenvalue weighted by Gasteiger charge is -2.15. The number of nitro groups is 1. The zero-order valence-corrected chi connectivity index (χ0v) is 13.7. The van der Waals surface area contributed by atoms with Gasteiger partial charge >= 0.3 is 0 Å². The van der Waals surface area contributed by atoms with Crippen LogP contribution in [0.15, 0.2) is 42.5 Å². The van der Waals surface area contributed by atoms with Crippen molar-refractivity contribution in [1.29, 1.82) is 0 Å². The van der Waals surface area contributed by atoms with E-state index in [0.717, 1.165) is 0 Å². The highest BCUT2D eigenvalue weighted by molar-refractivity contribution is 6.33. The highest BCUT2D eigenvalue weighted by atomic mass is 35.5. The second-order valence-corrected chi connectivity index (χ2v) is 5.26. The molecule has 1 N–H and O–H groups in total. The van der Waals surface area contributed by atoms with Gasteiger partial charge in [-0.2, -0.15) is 0 Å². The summed E-state index contributed by atoms with van der Waals surface area (Å²) in [5.74, 6) is 0.573. The molecule has 0 bridgehead atoms. The highest BCUT2D eigenvalue weighted by Gasteiger charge is 2.18. The molecule has 7 nitrogen and oxygen atoms in total. The van der Waals surface area contributed by atoms with Crippen molar-refractivity contribution in [3.8, 4) is 11.5 Å². The Labute approximate surface area is 143 Å². The number of anilines is 1. The summed E-state index contributed by atoms with van der Waals surface area (Å²) in [4.78, 5) is 22.4. The molecule has 24 heavy (non-hydrogen) atoms. The van der Waals surface area contributed by atoms with Gasteiger partial charge in [-0.3, -0.25) is 14.9 Å². The fraction of sp³-hybridized carbons (Fsp3) is 0.188. The number of hydrogen-bond acceptors (Lipinski definition) is 5. The van der Waals surface area contributed by atoms with E-state index in [9.17, 15) is 14.9 Å². The molecular formula is C16H15ClN2O5. The first-order valence-electron chi connectivity index (χ1n) is 6.96. The normalized spacial score (nSPS) is 11.5. The van der Waals surface area contributed by atoms with Gasteiger partial charge in [-0.15, -0.1) is 0 Å². The number of nitro benzene ring substituents is 1. The van der Waals surface area contributed by atoms with E-state index >= 15 is 0 Å². The maximum atomic E-state index is 12.2. The fourth-order valence-corrected chi connectivity index (χ4v) is 2.05. The van der Waals surface area contributed by atoms with Crippen LogP contribution < -0.4 is 14.8 Å². The van der Waals surface area contributed by atoms with Gasteiger partial charge in [0.05, 0.1) is 22.7 Å². The quantitative estimate of drug-likeness (QED) is 0.634. The number of rotatable bonds is 6. The average molecular weight is 351 g/mol. The van der Waals surface area contributed by atoms with Gasteiger partial charge in [-0.25, -0.2) is 0 Å². The number of non-ortho nitro benzene ring substituents is 1. The average Bonchev–Trinajstić information content (AvgIpc) is 2.56. The van der Waals surface area contributed by atoms with E-state index in [-0.39, 0.29) is 16.4 Å². The summed E-state index contributed by atoms with van der Waals surface area (Å²) in [7, 11) is 1.53. The Morgan fingerprint density at radius 2 is 1.96 bits per heavy atom. The van der Waals surface area contributed by atoms with Gasteiger partial charge in [0, 0.05) is 18.2 Å². The van der Waals surface area contributed by atoms with Crippen molar-refractivity contribution in [1.82, 2.24) is 0 Å². The van der Waals surface area contributed by atoms with Crippen molar-refractivity contribution in [3.63, 3.8) is 0 Å². The second kappa shape index (κ2) is 7.65. The molecular weight excluding hydrogens is 336 g/mol.